The lowest BCUT2D eigenvalue weighted by atomic mass is 10.2. The predicted octanol–water partition coefficient (Wildman–Crippen LogP) is 2.86. The molecule has 2 aromatic rings. The van der Waals surface area contributed by atoms with E-state index in [0.29, 0.717) is 0 Å². The van der Waals surface area contributed by atoms with Gasteiger partial charge in [0, 0.05) is 12.2 Å². The molecule has 17 heavy (non-hydrogen) atoms. The van der Waals surface area contributed by atoms with E-state index in [0.717, 1.165) is 28.6 Å². The number of hydrogen-bond acceptors (Lipinski definition) is 2. The predicted molar refractivity (Wildman–Crippen MR) is 70.8 cm³/mol. The van der Waals surface area contributed by atoms with E-state index in [1.54, 1.807) is 0 Å². The zero-order valence-corrected chi connectivity index (χ0v) is 11.0. The van der Waals surface area contributed by atoms with Gasteiger partial charge in [0.1, 0.15) is 0 Å². The summed E-state index contributed by atoms with van der Waals surface area (Å²) in [7, 11) is 1.92. The van der Waals surface area contributed by atoms with Gasteiger partial charge in [-0.15, -0.1) is 0 Å². The third kappa shape index (κ3) is 2.35. The third-order valence-electron chi connectivity index (χ3n) is 2.90. The van der Waals surface area contributed by atoms with E-state index in [2.05, 4.69) is 16.4 Å². The van der Waals surface area contributed by atoms with Crippen LogP contribution in [-0.4, -0.2) is 16.6 Å². The summed E-state index contributed by atoms with van der Waals surface area (Å²) in [6, 6.07) is 6.10. The third-order valence-corrected chi connectivity index (χ3v) is 3.21. The summed E-state index contributed by atoms with van der Waals surface area (Å²) >= 11 is 6.30. The van der Waals surface area contributed by atoms with Gasteiger partial charge in [-0.2, -0.15) is 0 Å². The molecule has 0 radical (unpaired) electrons. The van der Waals surface area contributed by atoms with Crippen molar-refractivity contribution >= 4 is 11.6 Å². The van der Waals surface area contributed by atoms with Gasteiger partial charge in [0.2, 0.25) is 0 Å². The summed E-state index contributed by atoms with van der Waals surface area (Å²) < 4.78 is 2.01. The minimum atomic E-state index is 0.748. The highest BCUT2D eigenvalue weighted by atomic mass is 35.5. The minimum Gasteiger partial charge on any atom is -0.316 e. The van der Waals surface area contributed by atoms with Crippen molar-refractivity contribution in [3.05, 3.63) is 46.5 Å². The molecule has 0 saturated heterocycles. The summed E-state index contributed by atoms with van der Waals surface area (Å²) in [6.45, 7) is 4.86. The van der Waals surface area contributed by atoms with E-state index in [1.807, 2.05) is 43.9 Å². The molecule has 0 aliphatic rings. The zero-order valence-electron chi connectivity index (χ0n) is 10.3. The number of aryl methyl sites for hydroxylation is 1. The van der Waals surface area contributed by atoms with Gasteiger partial charge >= 0.3 is 0 Å². The molecule has 0 spiro atoms. The Balaban J connectivity index is 2.43. The van der Waals surface area contributed by atoms with Crippen molar-refractivity contribution in [3.8, 4) is 5.69 Å². The van der Waals surface area contributed by atoms with E-state index in [1.165, 1.54) is 5.56 Å². The SMILES string of the molecule is CNCc1ccc(-n2cnc(C)c2C)c(Cl)c1. The molecule has 0 aliphatic carbocycles. The maximum absolute atomic E-state index is 6.30. The fraction of sp³-hybridized carbons (Fsp3) is 0.308. The van der Waals surface area contributed by atoms with Crippen molar-refractivity contribution in [2.75, 3.05) is 7.05 Å². The Kier molecular flexibility index (Phi) is 3.50. The number of halogens is 1. The molecule has 0 bridgehead atoms. The van der Waals surface area contributed by atoms with Crippen LogP contribution < -0.4 is 5.32 Å². The maximum atomic E-state index is 6.30. The second kappa shape index (κ2) is 4.90. The van der Waals surface area contributed by atoms with E-state index in [-0.39, 0.29) is 0 Å². The van der Waals surface area contributed by atoms with Gasteiger partial charge < -0.3 is 9.88 Å². The van der Waals surface area contributed by atoms with E-state index in [9.17, 15) is 0 Å². The molecule has 0 fully saturated rings. The molecule has 2 rings (SSSR count). The molecule has 1 aromatic carbocycles. The molecule has 3 nitrogen and oxygen atoms in total. The van der Waals surface area contributed by atoms with E-state index in [4.69, 9.17) is 11.6 Å². The monoisotopic (exact) mass is 249 g/mol. The lowest BCUT2D eigenvalue weighted by Crippen LogP contribution is -2.05. The van der Waals surface area contributed by atoms with Crippen LogP contribution in [0, 0.1) is 13.8 Å². The molecule has 0 saturated carbocycles. The topological polar surface area (TPSA) is 29.9 Å². The van der Waals surface area contributed by atoms with Gasteiger partial charge in [-0.05, 0) is 38.6 Å². The molecule has 0 amide bonds. The lowest BCUT2D eigenvalue weighted by molar-refractivity contribution is 0.817. The van der Waals surface area contributed by atoms with Crippen molar-refractivity contribution in [3.63, 3.8) is 0 Å². The fourth-order valence-corrected chi connectivity index (χ4v) is 2.10. The van der Waals surface area contributed by atoms with Crippen LogP contribution in [0.1, 0.15) is 17.0 Å². The minimum absolute atomic E-state index is 0.748. The van der Waals surface area contributed by atoms with Crippen molar-refractivity contribution < 1.29 is 0 Å². The largest absolute Gasteiger partial charge is 0.316 e. The first kappa shape index (κ1) is 12.1. The molecule has 4 heteroatoms. The highest BCUT2D eigenvalue weighted by Gasteiger charge is 2.08. The molecule has 90 valence electrons. The summed E-state index contributed by atoms with van der Waals surface area (Å²) in [5.41, 5.74) is 4.30. The van der Waals surface area contributed by atoms with Crippen LogP contribution in [0.3, 0.4) is 0 Å². The van der Waals surface area contributed by atoms with Crippen molar-refractivity contribution in [2.45, 2.75) is 20.4 Å². The Morgan fingerprint density at radius 3 is 2.65 bits per heavy atom. The van der Waals surface area contributed by atoms with Crippen molar-refractivity contribution in [1.82, 2.24) is 14.9 Å². The standard InChI is InChI=1S/C13H16ClN3/c1-9-10(2)17(8-16-9)13-5-4-11(7-15-3)6-12(13)14/h4-6,8,15H,7H2,1-3H3. The first-order valence-corrected chi connectivity index (χ1v) is 5.95. The fourth-order valence-electron chi connectivity index (χ4n) is 1.80. The Bertz CT molecular complexity index is 531. The Hall–Kier alpha value is -1.32. The second-order valence-corrected chi connectivity index (χ2v) is 4.51. The molecule has 1 aromatic heterocycles. The zero-order chi connectivity index (χ0) is 12.4. The average molecular weight is 250 g/mol. The normalized spacial score (nSPS) is 10.8. The molecular weight excluding hydrogens is 234 g/mol. The van der Waals surface area contributed by atoms with Gasteiger partial charge in [0.15, 0.2) is 0 Å². The van der Waals surface area contributed by atoms with Crippen LogP contribution in [-0.2, 0) is 6.54 Å². The maximum Gasteiger partial charge on any atom is 0.0997 e. The van der Waals surface area contributed by atoms with Crippen LogP contribution in [0.25, 0.3) is 5.69 Å². The summed E-state index contributed by atoms with van der Waals surface area (Å²) in [6.07, 6.45) is 1.81. The number of hydrogen-bond donors (Lipinski definition) is 1. The van der Waals surface area contributed by atoms with E-state index < -0.39 is 0 Å². The first-order chi connectivity index (χ1) is 8.13. The quantitative estimate of drug-likeness (QED) is 0.907. The number of aromatic nitrogens is 2. The number of rotatable bonds is 3. The molecule has 1 N–H and O–H groups in total. The smallest absolute Gasteiger partial charge is 0.0997 e. The van der Waals surface area contributed by atoms with Crippen LogP contribution in [0.2, 0.25) is 5.02 Å². The average Bonchev–Trinajstić information content (AvgIpc) is 2.61. The first-order valence-electron chi connectivity index (χ1n) is 5.57. The van der Waals surface area contributed by atoms with Gasteiger partial charge in [0.25, 0.3) is 0 Å². The second-order valence-electron chi connectivity index (χ2n) is 4.10. The van der Waals surface area contributed by atoms with E-state index >= 15 is 0 Å². The van der Waals surface area contributed by atoms with Crippen molar-refractivity contribution in [2.24, 2.45) is 0 Å². The number of nitrogens with one attached hydrogen (secondary N) is 1. The van der Waals surface area contributed by atoms with Crippen LogP contribution in [0.15, 0.2) is 24.5 Å². The van der Waals surface area contributed by atoms with Gasteiger partial charge in [-0.1, -0.05) is 17.7 Å². The van der Waals surface area contributed by atoms with Gasteiger partial charge in [0.05, 0.1) is 22.7 Å². The number of imidazole rings is 1. The summed E-state index contributed by atoms with van der Waals surface area (Å²) in [4.78, 5) is 4.28. The van der Waals surface area contributed by atoms with Gasteiger partial charge in [-0.3, -0.25) is 0 Å². The van der Waals surface area contributed by atoms with Crippen LogP contribution in [0.4, 0.5) is 0 Å². The highest BCUT2D eigenvalue weighted by Crippen LogP contribution is 2.24. The van der Waals surface area contributed by atoms with Gasteiger partial charge in [-0.25, -0.2) is 4.98 Å². The van der Waals surface area contributed by atoms with Crippen molar-refractivity contribution in [1.29, 1.82) is 0 Å². The molecule has 0 unspecified atom stereocenters. The molecular formula is C13H16ClN3. The number of benzene rings is 1. The molecule has 0 atom stereocenters. The summed E-state index contributed by atoms with van der Waals surface area (Å²) in [5, 5.41) is 3.86. The molecule has 1 heterocycles. The molecule has 0 aliphatic heterocycles. The summed E-state index contributed by atoms with van der Waals surface area (Å²) in [5.74, 6) is 0. The highest BCUT2D eigenvalue weighted by molar-refractivity contribution is 6.32. The lowest BCUT2D eigenvalue weighted by Gasteiger charge is -2.09. The Morgan fingerprint density at radius 1 is 1.35 bits per heavy atom. The number of nitrogens with zero attached hydrogens (tertiary/aromatic N) is 2. The van der Waals surface area contributed by atoms with Crippen LogP contribution >= 0.6 is 11.6 Å². The Morgan fingerprint density at radius 2 is 2.12 bits per heavy atom. The van der Waals surface area contributed by atoms with Crippen LogP contribution in [0.5, 0.6) is 0 Å². The Labute approximate surface area is 106 Å².